The van der Waals surface area contributed by atoms with Gasteiger partial charge in [0.05, 0.1) is 11.7 Å². The Morgan fingerprint density at radius 1 is 1.44 bits per heavy atom. The third kappa shape index (κ3) is 2.10. The molecule has 0 bridgehead atoms. The maximum absolute atomic E-state index is 6.03. The first-order valence-electron chi connectivity index (χ1n) is 6.39. The normalized spacial score (nSPS) is 24.6. The maximum Gasteiger partial charge on any atom is 0.157 e. The summed E-state index contributed by atoms with van der Waals surface area (Å²) in [6.45, 7) is 5.28. The number of hydrogen-bond donors (Lipinski definition) is 1. The van der Waals surface area contributed by atoms with Crippen LogP contribution in [-0.4, -0.2) is 21.1 Å². The Bertz CT molecular complexity index is 531. The first-order valence-corrected chi connectivity index (χ1v) is 6.77. The molecule has 0 spiro atoms. The minimum Gasteiger partial charge on any atom is -0.308 e. The van der Waals surface area contributed by atoms with Crippen LogP contribution in [0.15, 0.2) is 12.3 Å². The largest absolute Gasteiger partial charge is 0.308 e. The summed E-state index contributed by atoms with van der Waals surface area (Å²) in [6.07, 6.45) is 4.32. The third-order valence-electron chi connectivity index (χ3n) is 3.61. The van der Waals surface area contributed by atoms with Crippen LogP contribution in [0.5, 0.6) is 0 Å². The van der Waals surface area contributed by atoms with Gasteiger partial charge in [0.2, 0.25) is 0 Å². The lowest BCUT2D eigenvalue weighted by atomic mass is 9.95. The molecular weight excluding hydrogens is 248 g/mol. The van der Waals surface area contributed by atoms with E-state index < -0.39 is 0 Å². The lowest BCUT2D eigenvalue weighted by Crippen LogP contribution is -2.32. The number of nitrogens with zero attached hydrogens (tertiary/aromatic N) is 3. The smallest absolute Gasteiger partial charge is 0.157 e. The van der Waals surface area contributed by atoms with Crippen molar-refractivity contribution in [2.75, 3.05) is 6.54 Å². The minimum absolute atomic E-state index is 0.349. The SMILES string of the molecule is Cc1cn2nc([C@@H]3CC[C@H](C)CN3)cc2nc1Cl. The van der Waals surface area contributed by atoms with Crippen LogP contribution in [0, 0.1) is 12.8 Å². The molecule has 0 aliphatic carbocycles. The molecule has 0 radical (unpaired) electrons. The number of nitrogens with one attached hydrogen (secondary N) is 1. The predicted molar refractivity (Wildman–Crippen MR) is 71.9 cm³/mol. The summed E-state index contributed by atoms with van der Waals surface area (Å²) in [4.78, 5) is 4.34. The first kappa shape index (κ1) is 11.9. The molecule has 4 nitrogen and oxygen atoms in total. The van der Waals surface area contributed by atoms with E-state index in [1.54, 1.807) is 0 Å². The number of fused-ring (bicyclic) bond motifs is 1. The van der Waals surface area contributed by atoms with E-state index in [0.717, 1.165) is 35.8 Å². The van der Waals surface area contributed by atoms with Gasteiger partial charge in [-0.15, -0.1) is 0 Å². The molecular formula is C13H17ClN4. The second-order valence-electron chi connectivity index (χ2n) is 5.23. The summed E-state index contributed by atoms with van der Waals surface area (Å²) < 4.78 is 1.82. The molecule has 3 rings (SSSR count). The van der Waals surface area contributed by atoms with Crippen molar-refractivity contribution in [1.29, 1.82) is 0 Å². The van der Waals surface area contributed by atoms with Gasteiger partial charge >= 0.3 is 0 Å². The van der Waals surface area contributed by atoms with Crippen molar-refractivity contribution in [1.82, 2.24) is 19.9 Å². The fourth-order valence-corrected chi connectivity index (χ4v) is 2.56. The second-order valence-corrected chi connectivity index (χ2v) is 5.59. The van der Waals surface area contributed by atoms with Gasteiger partial charge in [-0.05, 0) is 32.2 Å². The first-order chi connectivity index (χ1) is 8.63. The molecule has 0 aromatic carbocycles. The highest BCUT2D eigenvalue weighted by Crippen LogP contribution is 2.25. The van der Waals surface area contributed by atoms with Crippen LogP contribution in [0.3, 0.4) is 0 Å². The lowest BCUT2D eigenvalue weighted by molar-refractivity contribution is 0.328. The molecule has 2 atom stereocenters. The van der Waals surface area contributed by atoms with Crippen LogP contribution < -0.4 is 5.32 Å². The standard InChI is InChI=1S/C13H17ClN4/c1-8-3-4-10(15-6-8)11-5-12-16-13(14)9(2)7-18(12)17-11/h5,7-8,10,15H,3-4,6H2,1-2H3/t8-,10-/m0/s1. The molecule has 1 aliphatic rings. The maximum atomic E-state index is 6.03. The highest BCUT2D eigenvalue weighted by Gasteiger charge is 2.21. The van der Waals surface area contributed by atoms with Gasteiger partial charge in [-0.3, -0.25) is 0 Å². The van der Waals surface area contributed by atoms with Crippen LogP contribution in [0.25, 0.3) is 5.65 Å². The number of hydrogen-bond acceptors (Lipinski definition) is 3. The van der Waals surface area contributed by atoms with Crippen LogP contribution in [0.1, 0.15) is 37.1 Å². The molecule has 0 saturated carbocycles. The molecule has 1 N–H and O–H groups in total. The van der Waals surface area contributed by atoms with Crippen LogP contribution in [0.2, 0.25) is 5.15 Å². The van der Waals surface area contributed by atoms with Gasteiger partial charge < -0.3 is 5.32 Å². The fraction of sp³-hybridized carbons (Fsp3) is 0.538. The van der Waals surface area contributed by atoms with Gasteiger partial charge in [0.15, 0.2) is 5.65 Å². The zero-order valence-corrected chi connectivity index (χ0v) is 11.4. The zero-order chi connectivity index (χ0) is 12.7. The molecule has 0 amide bonds. The van der Waals surface area contributed by atoms with E-state index in [2.05, 4.69) is 22.3 Å². The number of aryl methyl sites for hydroxylation is 1. The average Bonchev–Trinajstić information content (AvgIpc) is 2.73. The highest BCUT2D eigenvalue weighted by molar-refractivity contribution is 6.30. The van der Waals surface area contributed by atoms with Gasteiger partial charge in [-0.2, -0.15) is 5.10 Å². The Labute approximate surface area is 111 Å². The van der Waals surface area contributed by atoms with E-state index in [0.29, 0.717) is 11.2 Å². The molecule has 2 aromatic rings. The molecule has 96 valence electrons. The minimum atomic E-state index is 0.349. The van der Waals surface area contributed by atoms with Crippen molar-refractivity contribution >= 4 is 17.2 Å². The monoisotopic (exact) mass is 264 g/mol. The number of piperidine rings is 1. The van der Waals surface area contributed by atoms with Crippen molar-refractivity contribution in [2.24, 2.45) is 5.92 Å². The topological polar surface area (TPSA) is 42.2 Å². The summed E-state index contributed by atoms with van der Waals surface area (Å²) in [5.74, 6) is 0.757. The Kier molecular flexibility index (Phi) is 2.99. The molecule has 1 saturated heterocycles. The molecule has 18 heavy (non-hydrogen) atoms. The fourth-order valence-electron chi connectivity index (χ4n) is 2.43. The molecule has 0 unspecified atom stereocenters. The van der Waals surface area contributed by atoms with Gasteiger partial charge in [0.25, 0.3) is 0 Å². The average molecular weight is 265 g/mol. The van der Waals surface area contributed by atoms with E-state index in [1.807, 2.05) is 23.7 Å². The Balaban J connectivity index is 1.93. The lowest BCUT2D eigenvalue weighted by Gasteiger charge is -2.26. The van der Waals surface area contributed by atoms with E-state index >= 15 is 0 Å². The Morgan fingerprint density at radius 2 is 2.28 bits per heavy atom. The summed E-state index contributed by atoms with van der Waals surface area (Å²) in [7, 11) is 0. The van der Waals surface area contributed by atoms with Crippen LogP contribution in [0.4, 0.5) is 0 Å². The van der Waals surface area contributed by atoms with Crippen molar-refractivity contribution in [3.63, 3.8) is 0 Å². The predicted octanol–water partition coefficient (Wildman–Crippen LogP) is 2.75. The van der Waals surface area contributed by atoms with Crippen molar-refractivity contribution in [3.05, 3.63) is 28.7 Å². The summed E-state index contributed by atoms with van der Waals surface area (Å²) in [6, 6.07) is 2.38. The van der Waals surface area contributed by atoms with Gasteiger partial charge in [-0.1, -0.05) is 18.5 Å². The van der Waals surface area contributed by atoms with Gasteiger partial charge in [0, 0.05) is 17.8 Å². The number of rotatable bonds is 1. The Morgan fingerprint density at radius 3 is 3.00 bits per heavy atom. The quantitative estimate of drug-likeness (QED) is 0.806. The van der Waals surface area contributed by atoms with Crippen molar-refractivity contribution in [3.8, 4) is 0 Å². The van der Waals surface area contributed by atoms with Crippen LogP contribution in [-0.2, 0) is 0 Å². The zero-order valence-electron chi connectivity index (χ0n) is 10.7. The highest BCUT2D eigenvalue weighted by atomic mass is 35.5. The Hall–Kier alpha value is -1.13. The van der Waals surface area contributed by atoms with E-state index in [1.165, 1.54) is 6.42 Å². The van der Waals surface area contributed by atoms with Crippen LogP contribution >= 0.6 is 11.6 Å². The van der Waals surface area contributed by atoms with E-state index in [-0.39, 0.29) is 0 Å². The number of aromatic nitrogens is 3. The molecule has 1 aliphatic heterocycles. The van der Waals surface area contributed by atoms with Gasteiger partial charge in [-0.25, -0.2) is 9.50 Å². The summed E-state index contributed by atoms with van der Waals surface area (Å²) in [5.41, 5.74) is 2.83. The second kappa shape index (κ2) is 4.52. The van der Waals surface area contributed by atoms with Gasteiger partial charge in [0.1, 0.15) is 5.15 Å². The molecule has 5 heteroatoms. The van der Waals surface area contributed by atoms with E-state index in [4.69, 9.17) is 11.6 Å². The molecule has 2 aromatic heterocycles. The summed E-state index contributed by atoms with van der Waals surface area (Å²) >= 11 is 6.03. The van der Waals surface area contributed by atoms with E-state index in [9.17, 15) is 0 Å². The number of halogens is 1. The summed E-state index contributed by atoms with van der Waals surface area (Å²) in [5, 5.41) is 8.69. The molecule has 1 fully saturated rings. The third-order valence-corrected chi connectivity index (χ3v) is 3.99. The molecule has 3 heterocycles. The van der Waals surface area contributed by atoms with Crippen molar-refractivity contribution in [2.45, 2.75) is 32.7 Å². The van der Waals surface area contributed by atoms with Crippen molar-refractivity contribution < 1.29 is 0 Å².